The van der Waals surface area contributed by atoms with Crippen LogP contribution in [0.2, 0.25) is 0 Å². The number of allylic oxidation sites excluding steroid dienone is 3. The molecule has 0 N–H and O–H groups in total. The van der Waals surface area contributed by atoms with Crippen LogP contribution in [0.15, 0.2) is 48.1 Å². The average Bonchev–Trinajstić information content (AvgIpc) is 2.82. The molecule has 1 aromatic carbocycles. The smallest absolute Gasteiger partial charge is 0.241 e. The van der Waals surface area contributed by atoms with Crippen molar-refractivity contribution in [1.29, 1.82) is 0 Å². The molecule has 4 nitrogen and oxygen atoms in total. The van der Waals surface area contributed by atoms with Gasteiger partial charge in [0.1, 0.15) is 5.75 Å². The molecule has 0 saturated carbocycles. The second kappa shape index (κ2) is 6.82. The molecule has 1 heterocycles. The summed E-state index contributed by atoms with van der Waals surface area (Å²) in [5.74, 6) is 0.189. The number of rotatable bonds is 3. The van der Waals surface area contributed by atoms with E-state index >= 15 is 0 Å². The minimum Gasteiger partial charge on any atom is -0.497 e. The Balaban J connectivity index is 1.81. The molecule has 2 amide bonds. The molecular formula is C19H21NO3. The number of hydrogen-bond donors (Lipinski definition) is 0. The van der Waals surface area contributed by atoms with Crippen molar-refractivity contribution >= 4 is 17.5 Å². The van der Waals surface area contributed by atoms with Crippen LogP contribution in [0.25, 0.3) is 0 Å². The topological polar surface area (TPSA) is 46.6 Å². The number of carbonyl (C=O) groups is 2. The van der Waals surface area contributed by atoms with Gasteiger partial charge in [-0.3, -0.25) is 14.5 Å². The molecule has 1 fully saturated rings. The first-order valence-electron chi connectivity index (χ1n) is 8.05. The minimum absolute atomic E-state index is 0.101. The molecule has 0 aromatic heterocycles. The lowest BCUT2D eigenvalue weighted by atomic mass is 9.91. The molecule has 3 rings (SSSR count). The van der Waals surface area contributed by atoms with Gasteiger partial charge in [0.25, 0.3) is 0 Å². The van der Waals surface area contributed by atoms with Crippen molar-refractivity contribution in [3.05, 3.63) is 48.1 Å². The van der Waals surface area contributed by atoms with Crippen molar-refractivity contribution in [2.24, 2.45) is 5.92 Å². The van der Waals surface area contributed by atoms with Gasteiger partial charge in [0.15, 0.2) is 0 Å². The molecule has 1 unspecified atom stereocenters. The van der Waals surface area contributed by atoms with Crippen molar-refractivity contribution in [2.45, 2.75) is 32.1 Å². The number of amides is 2. The van der Waals surface area contributed by atoms with Gasteiger partial charge in [-0.1, -0.05) is 23.8 Å². The van der Waals surface area contributed by atoms with Gasteiger partial charge in [-0.2, -0.15) is 0 Å². The molecule has 120 valence electrons. The third kappa shape index (κ3) is 3.21. The normalized spacial score (nSPS) is 25.5. The number of anilines is 1. The predicted octanol–water partition coefficient (Wildman–Crippen LogP) is 3.63. The maximum absolute atomic E-state index is 12.8. The summed E-state index contributed by atoms with van der Waals surface area (Å²) >= 11 is 0. The monoisotopic (exact) mass is 311 g/mol. The highest BCUT2D eigenvalue weighted by Gasteiger charge is 2.40. The van der Waals surface area contributed by atoms with Gasteiger partial charge >= 0.3 is 0 Å². The van der Waals surface area contributed by atoms with Crippen LogP contribution >= 0.6 is 0 Å². The lowest BCUT2D eigenvalue weighted by Gasteiger charge is -2.17. The standard InChI is InChI=1S/C19H21NO3/c1-23-16-11-9-15(10-12-16)20-18(21)13-17(19(20)22)14-7-5-3-2-4-6-8-14/h2-3,8-12,17H,4-7,13H2,1H3/b3-2-,14-8+. The Bertz CT molecular complexity index is 658. The van der Waals surface area contributed by atoms with Gasteiger partial charge in [-0.15, -0.1) is 0 Å². The molecule has 1 saturated heterocycles. The summed E-state index contributed by atoms with van der Waals surface area (Å²) < 4.78 is 5.12. The zero-order valence-corrected chi connectivity index (χ0v) is 13.3. The molecular weight excluding hydrogens is 290 g/mol. The quantitative estimate of drug-likeness (QED) is 0.632. The molecule has 1 aliphatic carbocycles. The third-order valence-corrected chi connectivity index (χ3v) is 4.43. The summed E-state index contributed by atoms with van der Waals surface area (Å²) in [6, 6.07) is 7.05. The van der Waals surface area contributed by atoms with E-state index in [1.165, 1.54) is 4.90 Å². The first kappa shape index (κ1) is 15.5. The van der Waals surface area contributed by atoms with Crippen LogP contribution in [0.1, 0.15) is 32.1 Å². The molecule has 1 aliphatic heterocycles. The van der Waals surface area contributed by atoms with Crippen molar-refractivity contribution in [1.82, 2.24) is 0 Å². The maximum Gasteiger partial charge on any atom is 0.241 e. The highest BCUT2D eigenvalue weighted by atomic mass is 16.5. The van der Waals surface area contributed by atoms with Gasteiger partial charge in [-0.25, -0.2) is 0 Å². The Morgan fingerprint density at radius 1 is 1.04 bits per heavy atom. The average molecular weight is 311 g/mol. The largest absolute Gasteiger partial charge is 0.497 e. The molecule has 23 heavy (non-hydrogen) atoms. The van der Waals surface area contributed by atoms with E-state index in [1.54, 1.807) is 31.4 Å². The number of nitrogens with zero attached hydrogens (tertiary/aromatic N) is 1. The Hall–Kier alpha value is -2.36. The Kier molecular flexibility index (Phi) is 4.60. The number of carbonyl (C=O) groups excluding carboxylic acids is 2. The van der Waals surface area contributed by atoms with Crippen molar-refractivity contribution in [3.8, 4) is 5.75 Å². The van der Waals surface area contributed by atoms with Crippen LogP contribution < -0.4 is 9.64 Å². The molecule has 0 spiro atoms. The SMILES string of the molecule is COc1ccc(N2C(=O)CC(/C3=C/CC/C=C\CC3)C2=O)cc1. The summed E-state index contributed by atoms with van der Waals surface area (Å²) in [6.07, 6.45) is 10.5. The molecule has 0 bridgehead atoms. The predicted molar refractivity (Wildman–Crippen MR) is 89.3 cm³/mol. The second-order valence-electron chi connectivity index (χ2n) is 5.89. The van der Waals surface area contributed by atoms with Crippen molar-refractivity contribution in [2.75, 3.05) is 12.0 Å². The number of hydrogen-bond acceptors (Lipinski definition) is 3. The zero-order valence-electron chi connectivity index (χ0n) is 13.3. The fraction of sp³-hybridized carbons (Fsp3) is 0.368. The molecule has 4 heteroatoms. The Morgan fingerprint density at radius 2 is 1.78 bits per heavy atom. The van der Waals surface area contributed by atoms with Crippen LogP contribution in [0.4, 0.5) is 5.69 Å². The van der Waals surface area contributed by atoms with E-state index in [0.717, 1.165) is 31.3 Å². The van der Waals surface area contributed by atoms with Crippen LogP contribution in [0, 0.1) is 5.92 Å². The van der Waals surface area contributed by atoms with Gasteiger partial charge in [0, 0.05) is 6.42 Å². The van der Waals surface area contributed by atoms with Gasteiger partial charge in [0.05, 0.1) is 18.7 Å². The molecule has 1 aromatic rings. The summed E-state index contributed by atoms with van der Waals surface area (Å²) in [6.45, 7) is 0. The molecule has 2 aliphatic rings. The van der Waals surface area contributed by atoms with E-state index in [0.29, 0.717) is 11.4 Å². The number of ether oxygens (including phenoxy) is 1. The van der Waals surface area contributed by atoms with E-state index in [-0.39, 0.29) is 24.2 Å². The zero-order chi connectivity index (χ0) is 16.2. The second-order valence-corrected chi connectivity index (χ2v) is 5.89. The minimum atomic E-state index is -0.295. The summed E-state index contributed by atoms with van der Waals surface area (Å²) in [7, 11) is 1.59. The first-order valence-corrected chi connectivity index (χ1v) is 8.05. The summed E-state index contributed by atoms with van der Waals surface area (Å²) in [5, 5.41) is 0. The van der Waals surface area contributed by atoms with E-state index in [9.17, 15) is 9.59 Å². The highest BCUT2D eigenvalue weighted by molar-refractivity contribution is 6.21. The Morgan fingerprint density at radius 3 is 2.52 bits per heavy atom. The highest BCUT2D eigenvalue weighted by Crippen LogP contribution is 2.34. The van der Waals surface area contributed by atoms with Crippen LogP contribution in [-0.4, -0.2) is 18.9 Å². The lowest BCUT2D eigenvalue weighted by molar-refractivity contribution is -0.121. The lowest BCUT2D eigenvalue weighted by Crippen LogP contribution is -2.30. The van der Waals surface area contributed by atoms with Crippen molar-refractivity contribution in [3.63, 3.8) is 0 Å². The van der Waals surface area contributed by atoms with Crippen molar-refractivity contribution < 1.29 is 14.3 Å². The summed E-state index contributed by atoms with van der Waals surface area (Å²) in [4.78, 5) is 26.5. The summed E-state index contributed by atoms with van der Waals surface area (Å²) in [5.41, 5.74) is 1.73. The first-order chi connectivity index (χ1) is 11.2. The number of benzene rings is 1. The molecule has 1 atom stereocenters. The van der Waals surface area contributed by atoms with Gasteiger partial charge in [-0.05, 0) is 49.9 Å². The van der Waals surface area contributed by atoms with E-state index < -0.39 is 0 Å². The van der Waals surface area contributed by atoms with E-state index in [1.807, 2.05) is 0 Å². The Labute approximate surface area is 136 Å². The third-order valence-electron chi connectivity index (χ3n) is 4.43. The van der Waals surface area contributed by atoms with Gasteiger partial charge in [0.2, 0.25) is 11.8 Å². The van der Waals surface area contributed by atoms with E-state index in [4.69, 9.17) is 4.74 Å². The van der Waals surface area contributed by atoms with Crippen LogP contribution in [-0.2, 0) is 9.59 Å². The number of imide groups is 1. The number of methoxy groups -OCH3 is 1. The van der Waals surface area contributed by atoms with Crippen LogP contribution in [0.5, 0.6) is 5.75 Å². The fourth-order valence-electron chi connectivity index (χ4n) is 3.19. The fourth-order valence-corrected chi connectivity index (χ4v) is 3.19. The molecule has 0 radical (unpaired) electrons. The maximum atomic E-state index is 12.8. The van der Waals surface area contributed by atoms with Crippen LogP contribution in [0.3, 0.4) is 0 Å². The van der Waals surface area contributed by atoms with Gasteiger partial charge < -0.3 is 4.74 Å². The van der Waals surface area contributed by atoms with E-state index in [2.05, 4.69) is 18.2 Å².